The predicted molar refractivity (Wildman–Crippen MR) is 80.5 cm³/mol. The van der Waals surface area contributed by atoms with Crippen LogP contribution in [0.2, 0.25) is 0 Å². The zero-order chi connectivity index (χ0) is 15.0. The molecule has 0 unspecified atom stereocenters. The van der Waals surface area contributed by atoms with Crippen LogP contribution in [0, 0.1) is 19.8 Å². The molecule has 5 nitrogen and oxygen atoms in total. The van der Waals surface area contributed by atoms with Gasteiger partial charge in [-0.1, -0.05) is 18.1 Å². The van der Waals surface area contributed by atoms with Crippen LogP contribution in [0.1, 0.15) is 49.6 Å². The molecular formula is C16H22N4O. The predicted octanol–water partition coefficient (Wildman–Crippen LogP) is 3.11. The molecule has 2 aromatic heterocycles. The third-order valence-electron chi connectivity index (χ3n) is 4.45. The lowest BCUT2D eigenvalue weighted by Gasteiger charge is -2.32. The van der Waals surface area contributed by atoms with Crippen LogP contribution in [0.15, 0.2) is 16.8 Å². The zero-order valence-electron chi connectivity index (χ0n) is 12.9. The highest BCUT2D eigenvalue weighted by molar-refractivity contribution is 5.54. The molecule has 21 heavy (non-hydrogen) atoms. The molecule has 0 aromatic carbocycles. The molecular weight excluding hydrogens is 264 g/mol. The van der Waals surface area contributed by atoms with Crippen LogP contribution in [0.3, 0.4) is 0 Å². The third-order valence-corrected chi connectivity index (χ3v) is 4.45. The van der Waals surface area contributed by atoms with Gasteiger partial charge in [0.1, 0.15) is 5.69 Å². The summed E-state index contributed by atoms with van der Waals surface area (Å²) in [6.45, 7) is 6.29. The average molecular weight is 286 g/mol. The number of hydrogen-bond acceptors (Lipinski definition) is 5. The van der Waals surface area contributed by atoms with Crippen LogP contribution < -0.4 is 5.73 Å². The van der Waals surface area contributed by atoms with E-state index in [2.05, 4.69) is 28.1 Å². The van der Waals surface area contributed by atoms with Gasteiger partial charge in [0, 0.05) is 6.20 Å². The van der Waals surface area contributed by atoms with E-state index in [1.807, 2.05) is 20.0 Å². The summed E-state index contributed by atoms with van der Waals surface area (Å²) in [6, 6.07) is 2.07. The zero-order valence-corrected chi connectivity index (χ0v) is 12.9. The minimum Gasteiger partial charge on any atom is -0.337 e. The Morgan fingerprint density at radius 3 is 2.67 bits per heavy atom. The number of pyridine rings is 1. The normalized spacial score (nSPS) is 26.0. The summed E-state index contributed by atoms with van der Waals surface area (Å²) in [6.07, 6.45) is 5.83. The molecule has 2 N–H and O–H groups in total. The van der Waals surface area contributed by atoms with E-state index in [-0.39, 0.29) is 0 Å². The van der Waals surface area contributed by atoms with Gasteiger partial charge in [-0.3, -0.25) is 4.98 Å². The van der Waals surface area contributed by atoms with Gasteiger partial charge in [0.15, 0.2) is 0 Å². The van der Waals surface area contributed by atoms with Gasteiger partial charge < -0.3 is 10.3 Å². The second kappa shape index (κ2) is 5.22. The van der Waals surface area contributed by atoms with Gasteiger partial charge in [0.2, 0.25) is 11.7 Å². The van der Waals surface area contributed by atoms with Gasteiger partial charge in [-0.2, -0.15) is 4.98 Å². The Kier molecular flexibility index (Phi) is 3.53. The summed E-state index contributed by atoms with van der Waals surface area (Å²) in [5.41, 5.74) is 8.94. The standard InChI is InChI=1S/C16H22N4O/c1-10-4-6-16(17,7-5-10)15-19-14(20-21-15)13-12(3)8-11(2)9-18-13/h8-10H,4-7,17H2,1-3H3. The molecule has 5 heteroatoms. The molecule has 1 aliphatic carbocycles. The van der Waals surface area contributed by atoms with Crippen molar-refractivity contribution < 1.29 is 4.52 Å². The Morgan fingerprint density at radius 2 is 2.00 bits per heavy atom. The van der Waals surface area contributed by atoms with E-state index in [1.54, 1.807) is 0 Å². The van der Waals surface area contributed by atoms with Crippen molar-refractivity contribution in [1.29, 1.82) is 0 Å². The van der Waals surface area contributed by atoms with Crippen molar-refractivity contribution in [3.8, 4) is 11.5 Å². The highest BCUT2D eigenvalue weighted by Gasteiger charge is 2.37. The number of nitrogens with zero attached hydrogens (tertiary/aromatic N) is 3. The van der Waals surface area contributed by atoms with Crippen LogP contribution in [-0.4, -0.2) is 15.1 Å². The van der Waals surface area contributed by atoms with Gasteiger partial charge in [-0.25, -0.2) is 0 Å². The highest BCUT2D eigenvalue weighted by atomic mass is 16.5. The molecule has 0 amide bonds. The number of aromatic nitrogens is 3. The third kappa shape index (κ3) is 2.70. The molecule has 112 valence electrons. The maximum atomic E-state index is 6.48. The number of aryl methyl sites for hydroxylation is 2. The quantitative estimate of drug-likeness (QED) is 0.917. The van der Waals surface area contributed by atoms with E-state index in [0.29, 0.717) is 11.7 Å². The largest absolute Gasteiger partial charge is 0.337 e. The van der Waals surface area contributed by atoms with Crippen molar-refractivity contribution in [3.05, 3.63) is 29.3 Å². The maximum absolute atomic E-state index is 6.48. The van der Waals surface area contributed by atoms with E-state index in [0.717, 1.165) is 48.4 Å². The highest BCUT2D eigenvalue weighted by Crippen LogP contribution is 2.37. The molecule has 1 aliphatic rings. The fraction of sp³-hybridized carbons (Fsp3) is 0.562. The Labute approximate surface area is 125 Å². The first kappa shape index (κ1) is 14.2. The molecule has 0 atom stereocenters. The number of nitrogens with two attached hydrogens (primary N) is 1. The second-order valence-corrected chi connectivity index (χ2v) is 6.44. The summed E-state index contributed by atoms with van der Waals surface area (Å²) in [5.74, 6) is 1.81. The second-order valence-electron chi connectivity index (χ2n) is 6.44. The van der Waals surface area contributed by atoms with E-state index in [4.69, 9.17) is 10.3 Å². The van der Waals surface area contributed by atoms with Crippen LogP contribution in [0.5, 0.6) is 0 Å². The summed E-state index contributed by atoms with van der Waals surface area (Å²) in [7, 11) is 0. The monoisotopic (exact) mass is 286 g/mol. The Bertz CT molecular complexity index is 641. The molecule has 2 aromatic rings. The molecule has 0 saturated heterocycles. The molecule has 0 radical (unpaired) electrons. The van der Waals surface area contributed by atoms with E-state index >= 15 is 0 Å². The minimum absolute atomic E-state index is 0.476. The topological polar surface area (TPSA) is 77.8 Å². The van der Waals surface area contributed by atoms with Crippen LogP contribution in [0.4, 0.5) is 0 Å². The molecule has 2 heterocycles. The van der Waals surface area contributed by atoms with Crippen molar-refractivity contribution in [2.45, 2.75) is 52.0 Å². The fourth-order valence-electron chi connectivity index (χ4n) is 2.96. The van der Waals surface area contributed by atoms with Crippen LogP contribution in [-0.2, 0) is 5.54 Å². The lowest BCUT2D eigenvalue weighted by molar-refractivity contribution is 0.190. The molecule has 3 rings (SSSR count). The number of hydrogen-bond donors (Lipinski definition) is 1. The fourth-order valence-corrected chi connectivity index (χ4v) is 2.96. The van der Waals surface area contributed by atoms with Crippen molar-refractivity contribution in [2.24, 2.45) is 11.7 Å². The van der Waals surface area contributed by atoms with Gasteiger partial charge in [-0.15, -0.1) is 0 Å². The van der Waals surface area contributed by atoms with Gasteiger partial charge in [0.25, 0.3) is 0 Å². The van der Waals surface area contributed by atoms with Gasteiger partial charge >= 0.3 is 0 Å². The van der Waals surface area contributed by atoms with Crippen molar-refractivity contribution in [2.75, 3.05) is 0 Å². The van der Waals surface area contributed by atoms with Crippen molar-refractivity contribution >= 4 is 0 Å². The van der Waals surface area contributed by atoms with Gasteiger partial charge in [-0.05, 0) is 56.6 Å². The van der Waals surface area contributed by atoms with E-state index < -0.39 is 5.54 Å². The van der Waals surface area contributed by atoms with Crippen molar-refractivity contribution in [3.63, 3.8) is 0 Å². The first-order valence-electron chi connectivity index (χ1n) is 7.54. The SMILES string of the molecule is Cc1cnc(-c2noc(C3(N)CCC(C)CC3)n2)c(C)c1. The van der Waals surface area contributed by atoms with E-state index in [9.17, 15) is 0 Å². The van der Waals surface area contributed by atoms with Crippen LogP contribution in [0.25, 0.3) is 11.5 Å². The smallest absolute Gasteiger partial charge is 0.247 e. The first-order chi connectivity index (χ1) is 9.98. The summed E-state index contributed by atoms with van der Waals surface area (Å²) in [5, 5.41) is 4.09. The first-order valence-corrected chi connectivity index (χ1v) is 7.54. The van der Waals surface area contributed by atoms with Crippen LogP contribution >= 0.6 is 0 Å². The molecule has 0 aliphatic heterocycles. The Morgan fingerprint density at radius 1 is 1.29 bits per heavy atom. The molecule has 1 saturated carbocycles. The summed E-state index contributed by atoms with van der Waals surface area (Å²) in [4.78, 5) is 8.94. The van der Waals surface area contributed by atoms with Gasteiger partial charge in [0.05, 0.1) is 5.54 Å². The molecule has 1 fully saturated rings. The Hall–Kier alpha value is -1.75. The lowest BCUT2D eigenvalue weighted by atomic mass is 9.78. The average Bonchev–Trinajstić information content (AvgIpc) is 2.92. The molecule has 0 spiro atoms. The minimum atomic E-state index is -0.476. The number of rotatable bonds is 2. The summed E-state index contributed by atoms with van der Waals surface area (Å²) < 4.78 is 5.46. The van der Waals surface area contributed by atoms with Crippen molar-refractivity contribution in [1.82, 2.24) is 15.1 Å². The summed E-state index contributed by atoms with van der Waals surface area (Å²) >= 11 is 0. The maximum Gasteiger partial charge on any atom is 0.247 e. The van der Waals surface area contributed by atoms with E-state index in [1.165, 1.54) is 0 Å². The molecule has 0 bridgehead atoms. The lowest BCUT2D eigenvalue weighted by Crippen LogP contribution is -2.40. The Balaban J connectivity index is 1.89.